The highest BCUT2D eigenvalue weighted by atomic mass is 35.5. The van der Waals surface area contributed by atoms with E-state index in [1.165, 1.54) is 11.1 Å². The number of nitrogens with zero attached hydrogens (tertiary/aromatic N) is 4. The van der Waals surface area contributed by atoms with Crippen LogP contribution in [0.1, 0.15) is 78.0 Å². The lowest BCUT2D eigenvalue weighted by molar-refractivity contribution is -0.117. The quantitative estimate of drug-likeness (QED) is 0.263. The van der Waals surface area contributed by atoms with Crippen LogP contribution >= 0.6 is 11.6 Å². The summed E-state index contributed by atoms with van der Waals surface area (Å²) < 4.78 is 33.4. The SMILES string of the molecule is CO[C@H]1/C=C/CCC[S@@](=O)(CC(=O)[C@@H]2C[C@H]2c2ccnn2C)=NC(=O)c2ccc3c(c2)N(C[C@@H]2CC[C@H]21)C[C@@]1(CCCc2cc(Cl)ccc21)CO3. The van der Waals surface area contributed by atoms with Gasteiger partial charge in [-0.25, -0.2) is 4.21 Å². The summed E-state index contributed by atoms with van der Waals surface area (Å²) in [5.74, 6) is 0.656. The molecule has 2 bridgehead atoms. The number of ether oxygens (including phenoxy) is 2. The van der Waals surface area contributed by atoms with E-state index in [0.29, 0.717) is 43.3 Å². The predicted molar refractivity (Wildman–Crippen MR) is 199 cm³/mol. The van der Waals surface area contributed by atoms with E-state index in [2.05, 4.69) is 38.6 Å². The maximum absolute atomic E-state index is 14.5. The Labute approximate surface area is 305 Å². The van der Waals surface area contributed by atoms with Crippen LogP contribution in [0.2, 0.25) is 5.02 Å². The Morgan fingerprint density at radius 3 is 2.82 bits per heavy atom. The summed E-state index contributed by atoms with van der Waals surface area (Å²) in [5.41, 5.74) is 4.55. The van der Waals surface area contributed by atoms with Crippen molar-refractivity contribution >= 4 is 38.7 Å². The number of anilines is 1. The maximum Gasteiger partial charge on any atom is 0.285 e. The van der Waals surface area contributed by atoms with Crippen molar-refractivity contribution in [1.82, 2.24) is 9.78 Å². The minimum atomic E-state index is -3.17. The van der Waals surface area contributed by atoms with Crippen LogP contribution in [0.25, 0.3) is 0 Å². The highest BCUT2D eigenvalue weighted by molar-refractivity contribution is 7.94. The molecule has 0 radical (unpaired) electrons. The van der Waals surface area contributed by atoms with Crippen molar-refractivity contribution in [2.24, 2.45) is 29.2 Å². The van der Waals surface area contributed by atoms with Crippen molar-refractivity contribution in [2.75, 3.05) is 43.2 Å². The molecule has 0 N–H and O–H groups in total. The summed E-state index contributed by atoms with van der Waals surface area (Å²) in [6.45, 7) is 2.07. The summed E-state index contributed by atoms with van der Waals surface area (Å²) in [6.07, 6.45) is 13.1. The van der Waals surface area contributed by atoms with Gasteiger partial charge in [-0.15, -0.1) is 0 Å². The fourth-order valence-electron chi connectivity index (χ4n) is 9.15. The minimum absolute atomic E-state index is 0.0202. The zero-order valence-electron chi connectivity index (χ0n) is 29.5. The number of aromatic nitrogens is 2. The van der Waals surface area contributed by atoms with Crippen molar-refractivity contribution < 1.29 is 23.3 Å². The van der Waals surface area contributed by atoms with Gasteiger partial charge in [-0.2, -0.15) is 9.46 Å². The molecule has 11 heteroatoms. The number of rotatable bonds is 5. The second-order valence-corrected chi connectivity index (χ2v) is 18.2. The van der Waals surface area contributed by atoms with Gasteiger partial charge in [0.15, 0.2) is 0 Å². The molecule has 5 aliphatic rings. The number of hydrogen-bond donors (Lipinski definition) is 0. The van der Waals surface area contributed by atoms with Crippen LogP contribution in [0.3, 0.4) is 0 Å². The monoisotopic (exact) mass is 730 g/mol. The number of fused-ring (bicyclic) bond motifs is 4. The maximum atomic E-state index is 14.5. The van der Waals surface area contributed by atoms with Gasteiger partial charge in [0, 0.05) is 72.7 Å². The molecule has 3 aliphatic carbocycles. The van der Waals surface area contributed by atoms with Gasteiger partial charge < -0.3 is 14.4 Å². The van der Waals surface area contributed by atoms with E-state index in [4.69, 9.17) is 21.1 Å². The Morgan fingerprint density at radius 1 is 1.16 bits per heavy atom. The molecule has 1 spiro atoms. The molecule has 1 aromatic heterocycles. The number of hydrogen-bond acceptors (Lipinski definition) is 7. The summed E-state index contributed by atoms with van der Waals surface area (Å²) >= 11 is 6.46. The Hall–Kier alpha value is -3.47. The van der Waals surface area contributed by atoms with Gasteiger partial charge in [-0.1, -0.05) is 29.8 Å². The van der Waals surface area contributed by atoms with E-state index in [1.807, 2.05) is 31.3 Å². The first-order valence-electron chi connectivity index (χ1n) is 18.4. The molecule has 8 rings (SSSR count). The molecular weight excluding hydrogens is 684 g/mol. The van der Waals surface area contributed by atoms with Crippen molar-refractivity contribution in [3.05, 3.63) is 88.2 Å². The van der Waals surface area contributed by atoms with Gasteiger partial charge in [0.05, 0.1) is 33.9 Å². The first-order chi connectivity index (χ1) is 24.6. The Bertz CT molecular complexity index is 2000. The van der Waals surface area contributed by atoms with Gasteiger partial charge in [0.1, 0.15) is 11.5 Å². The van der Waals surface area contributed by atoms with Gasteiger partial charge >= 0.3 is 0 Å². The molecule has 51 heavy (non-hydrogen) atoms. The molecule has 2 aromatic carbocycles. The number of aryl methyl sites for hydroxylation is 2. The van der Waals surface area contributed by atoms with E-state index < -0.39 is 15.6 Å². The number of carbonyl (C=O) groups is 2. The number of halogens is 1. The van der Waals surface area contributed by atoms with Crippen LogP contribution < -0.4 is 9.64 Å². The van der Waals surface area contributed by atoms with Crippen molar-refractivity contribution in [1.29, 1.82) is 0 Å². The first-order valence-corrected chi connectivity index (χ1v) is 20.7. The fourth-order valence-corrected chi connectivity index (χ4v) is 11.3. The van der Waals surface area contributed by atoms with Crippen molar-refractivity contribution in [2.45, 2.75) is 68.8 Å². The second-order valence-electron chi connectivity index (χ2n) is 15.4. The summed E-state index contributed by atoms with van der Waals surface area (Å²) in [6, 6.07) is 13.7. The number of benzene rings is 2. The van der Waals surface area contributed by atoms with Crippen LogP contribution in [0, 0.1) is 17.8 Å². The van der Waals surface area contributed by atoms with E-state index in [0.717, 1.165) is 67.3 Å². The zero-order chi connectivity index (χ0) is 35.3. The van der Waals surface area contributed by atoms with Crippen LogP contribution in [0.5, 0.6) is 5.75 Å². The molecular formula is C40H47ClN4O5S. The topological polar surface area (TPSA) is 103 Å². The third-order valence-corrected chi connectivity index (χ3v) is 14.5. The largest absolute Gasteiger partial charge is 0.490 e. The van der Waals surface area contributed by atoms with Crippen LogP contribution in [-0.4, -0.2) is 70.1 Å². The molecule has 3 heterocycles. The summed E-state index contributed by atoms with van der Waals surface area (Å²) in [4.78, 5) is 30.0. The average Bonchev–Trinajstić information content (AvgIpc) is 3.81. The lowest BCUT2D eigenvalue weighted by Gasteiger charge is -2.46. The summed E-state index contributed by atoms with van der Waals surface area (Å²) in [7, 11) is 0.482. The molecule has 2 saturated carbocycles. The van der Waals surface area contributed by atoms with Crippen LogP contribution in [-0.2, 0) is 38.1 Å². The number of methoxy groups -OCH3 is 1. The molecule has 3 aromatic rings. The third kappa shape index (κ3) is 6.79. The average molecular weight is 731 g/mol. The Balaban J connectivity index is 1.15. The molecule has 2 aliphatic heterocycles. The van der Waals surface area contributed by atoms with Gasteiger partial charge in [0.25, 0.3) is 5.91 Å². The van der Waals surface area contributed by atoms with Gasteiger partial charge in [-0.05, 0) is 111 Å². The first kappa shape index (κ1) is 34.6. The standard InChI is InChI=1S/C40H47ClN4O5S/c1-44-34(15-17-42-44)31-21-32(31)36(46)23-51(48)18-5-3-4-8-37(49-2)30-12-9-28(30)22-45-24-40(16-6-7-26-19-29(41)11-13-33(26)40)25-50-38-14-10-27(20-35(38)45)39(47)43-51/h4,8,10-11,13-15,17,19-20,28,30-32,37H,3,5-7,9,12,16,18,21-25H2,1-2H3/b8-4+/t28-,30+,31+,32+,37-,40-,51+/m0/s1. The Morgan fingerprint density at radius 2 is 2.04 bits per heavy atom. The number of carbonyl (C=O) groups excluding carboxylic acids is 2. The lowest BCUT2D eigenvalue weighted by Crippen LogP contribution is -2.49. The molecule has 9 nitrogen and oxygen atoms in total. The van der Waals surface area contributed by atoms with E-state index in [9.17, 15) is 13.8 Å². The molecule has 1 amide bonds. The van der Waals surface area contributed by atoms with Crippen LogP contribution in [0.15, 0.2) is 65.2 Å². The highest BCUT2D eigenvalue weighted by Crippen LogP contribution is 2.49. The second kappa shape index (κ2) is 13.8. The zero-order valence-corrected chi connectivity index (χ0v) is 31.0. The molecule has 0 unspecified atom stereocenters. The van der Waals surface area contributed by atoms with E-state index in [1.54, 1.807) is 24.1 Å². The fraction of sp³-hybridized carbons (Fsp3) is 0.525. The van der Waals surface area contributed by atoms with Crippen molar-refractivity contribution in [3.63, 3.8) is 0 Å². The van der Waals surface area contributed by atoms with Gasteiger partial charge in [-0.3, -0.25) is 14.3 Å². The molecule has 0 saturated heterocycles. The number of amides is 1. The number of ketones is 1. The molecule has 7 atom stereocenters. The summed E-state index contributed by atoms with van der Waals surface area (Å²) in [5, 5.41) is 5.00. The highest BCUT2D eigenvalue weighted by Gasteiger charge is 2.47. The normalized spacial score (nSPS) is 32.4. The minimum Gasteiger partial charge on any atom is -0.490 e. The molecule has 270 valence electrons. The lowest BCUT2D eigenvalue weighted by atomic mass is 9.68. The van der Waals surface area contributed by atoms with Crippen molar-refractivity contribution in [3.8, 4) is 5.75 Å². The Kier molecular flexibility index (Phi) is 9.38. The number of Topliss-reactive ketones (excluding diaryl/α,β-unsaturated/α-hetero) is 1. The third-order valence-electron chi connectivity index (χ3n) is 12.1. The molecule has 2 fully saturated rings. The van der Waals surface area contributed by atoms with Gasteiger partial charge in [0.2, 0.25) is 0 Å². The smallest absolute Gasteiger partial charge is 0.285 e. The number of allylic oxidation sites excluding steroid dienone is 1. The van der Waals surface area contributed by atoms with E-state index >= 15 is 0 Å². The predicted octanol–water partition coefficient (Wildman–Crippen LogP) is 6.92. The van der Waals surface area contributed by atoms with Crippen LogP contribution in [0.4, 0.5) is 5.69 Å². The van der Waals surface area contributed by atoms with E-state index in [-0.39, 0.29) is 40.6 Å².